The van der Waals surface area contributed by atoms with E-state index in [9.17, 15) is 4.79 Å². The molecule has 1 saturated heterocycles. The van der Waals surface area contributed by atoms with Crippen molar-refractivity contribution >= 4 is 5.91 Å². The molecule has 0 aromatic rings. The summed E-state index contributed by atoms with van der Waals surface area (Å²) < 4.78 is 0. The summed E-state index contributed by atoms with van der Waals surface area (Å²) in [6, 6.07) is 0.160. The smallest absolute Gasteiger partial charge is 0.237 e. The second kappa shape index (κ2) is 5.81. The maximum atomic E-state index is 11.7. The standard InChI is InChI=1S/C11H20N2O/c1-3-6-9(2)13-11(14)10-7-4-5-8-12-10/h3,6,9-10,12H,4-5,7-8H2,1-2H3,(H,13,14). The van der Waals surface area contributed by atoms with Crippen molar-refractivity contribution in [3.05, 3.63) is 12.2 Å². The van der Waals surface area contributed by atoms with Gasteiger partial charge in [-0.2, -0.15) is 0 Å². The van der Waals surface area contributed by atoms with Gasteiger partial charge in [0.05, 0.1) is 6.04 Å². The third-order valence-electron chi connectivity index (χ3n) is 2.48. The van der Waals surface area contributed by atoms with Crippen LogP contribution in [0.15, 0.2) is 12.2 Å². The van der Waals surface area contributed by atoms with Gasteiger partial charge in [-0.3, -0.25) is 4.79 Å². The number of carbonyl (C=O) groups is 1. The molecule has 1 amide bonds. The van der Waals surface area contributed by atoms with Gasteiger partial charge in [-0.05, 0) is 33.2 Å². The number of carbonyl (C=O) groups excluding carboxylic acids is 1. The molecular formula is C11H20N2O. The van der Waals surface area contributed by atoms with Crippen molar-refractivity contribution in [1.29, 1.82) is 0 Å². The highest BCUT2D eigenvalue weighted by Crippen LogP contribution is 2.06. The molecule has 0 aliphatic carbocycles. The summed E-state index contributed by atoms with van der Waals surface area (Å²) in [5, 5.41) is 6.19. The van der Waals surface area contributed by atoms with Crippen molar-refractivity contribution in [1.82, 2.24) is 10.6 Å². The topological polar surface area (TPSA) is 41.1 Å². The van der Waals surface area contributed by atoms with Crippen LogP contribution in [0.25, 0.3) is 0 Å². The van der Waals surface area contributed by atoms with E-state index >= 15 is 0 Å². The Morgan fingerprint density at radius 1 is 1.57 bits per heavy atom. The number of amides is 1. The normalized spacial score (nSPS) is 24.9. The van der Waals surface area contributed by atoms with E-state index < -0.39 is 0 Å². The van der Waals surface area contributed by atoms with Crippen LogP contribution in [0.5, 0.6) is 0 Å². The minimum absolute atomic E-state index is 0.0245. The Labute approximate surface area is 86.0 Å². The van der Waals surface area contributed by atoms with Gasteiger partial charge in [-0.25, -0.2) is 0 Å². The lowest BCUT2D eigenvalue weighted by Crippen LogP contribution is -2.48. The second-order valence-corrected chi connectivity index (χ2v) is 3.83. The summed E-state index contributed by atoms with van der Waals surface area (Å²) in [6.45, 7) is 4.92. The molecule has 1 rings (SSSR count). The van der Waals surface area contributed by atoms with Crippen molar-refractivity contribution in [2.24, 2.45) is 0 Å². The maximum Gasteiger partial charge on any atom is 0.237 e. The highest BCUT2D eigenvalue weighted by atomic mass is 16.2. The van der Waals surface area contributed by atoms with Gasteiger partial charge in [0.25, 0.3) is 0 Å². The predicted molar refractivity (Wildman–Crippen MR) is 58.1 cm³/mol. The van der Waals surface area contributed by atoms with E-state index in [-0.39, 0.29) is 18.0 Å². The molecule has 0 saturated carbocycles. The largest absolute Gasteiger partial charge is 0.349 e. The Hall–Kier alpha value is -0.830. The summed E-state index contributed by atoms with van der Waals surface area (Å²) in [5.41, 5.74) is 0. The van der Waals surface area contributed by atoms with Gasteiger partial charge in [-0.15, -0.1) is 0 Å². The number of allylic oxidation sites excluding steroid dienone is 1. The predicted octanol–water partition coefficient (Wildman–Crippen LogP) is 1.21. The zero-order valence-electron chi connectivity index (χ0n) is 9.05. The van der Waals surface area contributed by atoms with Gasteiger partial charge in [0.15, 0.2) is 0 Å². The molecule has 0 bridgehead atoms. The van der Waals surface area contributed by atoms with Gasteiger partial charge in [0.2, 0.25) is 5.91 Å². The molecule has 80 valence electrons. The monoisotopic (exact) mass is 196 g/mol. The molecule has 3 heteroatoms. The molecule has 2 N–H and O–H groups in total. The van der Waals surface area contributed by atoms with Crippen LogP contribution in [0.2, 0.25) is 0 Å². The van der Waals surface area contributed by atoms with Crippen LogP contribution in [-0.4, -0.2) is 24.5 Å². The van der Waals surface area contributed by atoms with Crippen molar-refractivity contribution in [2.45, 2.75) is 45.2 Å². The zero-order chi connectivity index (χ0) is 10.4. The molecule has 1 aliphatic rings. The molecule has 0 aromatic heterocycles. The van der Waals surface area contributed by atoms with Crippen molar-refractivity contribution in [2.75, 3.05) is 6.54 Å². The molecule has 0 radical (unpaired) electrons. The first kappa shape index (κ1) is 11.2. The van der Waals surface area contributed by atoms with E-state index in [4.69, 9.17) is 0 Å². The van der Waals surface area contributed by atoms with Crippen LogP contribution >= 0.6 is 0 Å². The van der Waals surface area contributed by atoms with Gasteiger partial charge in [0.1, 0.15) is 0 Å². The first-order valence-corrected chi connectivity index (χ1v) is 5.40. The Morgan fingerprint density at radius 2 is 2.36 bits per heavy atom. The summed E-state index contributed by atoms with van der Waals surface area (Å²) in [4.78, 5) is 11.7. The fourth-order valence-electron chi connectivity index (χ4n) is 1.74. The Balaban J connectivity index is 2.32. The third-order valence-corrected chi connectivity index (χ3v) is 2.48. The minimum Gasteiger partial charge on any atom is -0.349 e. The molecule has 1 aliphatic heterocycles. The molecule has 0 spiro atoms. The van der Waals surface area contributed by atoms with Crippen LogP contribution in [0.1, 0.15) is 33.1 Å². The quantitative estimate of drug-likeness (QED) is 0.666. The lowest BCUT2D eigenvalue weighted by Gasteiger charge is -2.23. The maximum absolute atomic E-state index is 11.7. The number of hydrogen-bond acceptors (Lipinski definition) is 2. The molecule has 1 fully saturated rings. The van der Waals surface area contributed by atoms with Crippen molar-refractivity contribution < 1.29 is 4.79 Å². The molecule has 3 nitrogen and oxygen atoms in total. The van der Waals surface area contributed by atoms with Crippen LogP contribution in [0.3, 0.4) is 0 Å². The Kier molecular flexibility index (Phi) is 4.66. The van der Waals surface area contributed by atoms with Gasteiger partial charge < -0.3 is 10.6 Å². The van der Waals surface area contributed by atoms with E-state index in [0.717, 1.165) is 19.4 Å². The molecule has 1 heterocycles. The molecule has 0 aromatic carbocycles. The number of piperidine rings is 1. The SMILES string of the molecule is CC=CC(C)NC(=O)C1CCCCN1. The summed E-state index contributed by atoms with van der Waals surface area (Å²) in [7, 11) is 0. The average Bonchev–Trinajstić information content (AvgIpc) is 2.19. The molecule has 2 unspecified atom stereocenters. The number of nitrogens with one attached hydrogen (secondary N) is 2. The van der Waals surface area contributed by atoms with E-state index in [1.807, 2.05) is 26.0 Å². The minimum atomic E-state index is 0.0245. The van der Waals surface area contributed by atoms with Crippen LogP contribution in [0, 0.1) is 0 Å². The van der Waals surface area contributed by atoms with Gasteiger partial charge >= 0.3 is 0 Å². The van der Waals surface area contributed by atoms with Gasteiger partial charge in [0, 0.05) is 6.04 Å². The van der Waals surface area contributed by atoms with E-state index in [2.05, 4.69) is 10.6 Å². The highest BCUT2D eigenvalue weighted by molar-refractivity contribution is 5.82. The summed E-state index contributed by atoms with van der Waals surface area (Å²) in [5.74, 6) is 0.135. The second-order valence-electron chi connectivity index (χ2n) is 3.83. The molecular weight excluding hydrogens is 176 g/mol. The van der Waals surface area contributed by atoms with Crippen LogP contribution < -0.4 is 10.6 Å². The summed E-state index contributed by atoms with van der Waals surface area (Å²) >= 11 is 0. The third kappa shape index (κ3) is 3.50. The van der Waals surface area contributed by atoms with Crippen molar-refractivity contribution in [3.8, 4) is 0 Å². The first-order valence-electron chi connectivity index (χ1n) is 5.40. The average molecular weight is 196 g/mol. The van der Waals surface area contributed by atoms with Gasteiger partial charge in [-0.1, -0.05) is 18.6 Å². The zero-order valence-corrected chi connectivity index (χ0v) is 9.05. The Bertz CT molecular complexity index is 207. The van der Waals surface area contributed by atoms with E-state index in [1.165, 1.54) is 6.42 Å². The fraction of sp³-hybridized carbons (Fsp3) is 0.727. The van der Waals surface area contributed by atoms with E-state index in [0.29, 0.717) is 0 Å². The molecule has 14 heavy (non-hydrogen) atoms. The Morgan fingerprint density at radius 3 is 2.93 bits per heavy atom. The van der Waals surface area contributed by atoms with E-state index in [1.54, 1.807) is 0 Å². The number of hydrogen-bond donors (Lipinski definition) is 2. The van der Waals surface area contributed by atoms with Crippen molar-refractivity contribution in [3.63, 3.8) is 0 Å². The van der Waals surface area contributed by atoms with Crippen LogP contribution in [0.4, 0.5) is 0 Å². The lowest BCUT2D eigenvalue weighted by molar-refractivity contribution is -0.124. The number of rotatable bonds is 3. The fourth-order valence-corrected chi connectivity index (χ4v) is 1.74. The lowest BCUT2D eigenvalue weighted by atomic mass is 10.0. The highest BCUT2D eigenvalue weighted by Gasteiger charge is 2.20. The molecule has 2 atom stereocenters. The van der Waals surface area contributed by atoms with Crippen LogP contribution in [-0.2, 0) is 4.79 Å². The summed E-state index contributed by atoms with van der Waals surface area (Å²) in [6.07, 6.45) is 7.26. The first-order chi connectivity index (χ1) is 6.74.